The molecular weight excluding hydrogens is 248 g/mol. The van der Waals surface area contributed by atoms with Crippen molar-refractivity contribution in [3.63, 3.8) is 0 Å². The minimum absolute atomic E-state index is 0.264. The molecule has 3 aliphatic carbocycles. The predicted octanol–water partition coefficient (Wildman–Crippen LogP) is 2.64. The van der Waals surface area contributed by atoms with E-state index in [0.29, 0.717) is 17.8 Å². The molecule has 4 unspecified atom stereocenters. The number of carbonyl (C=O) groups excluding carboxylic acids is 1. The highest BCUT2D eigenvalue weighted by atomic mass is 16.2. The molecule has 3 heteroatoms. The smallest absolute Gasteiger partial charge is 0.228 e. The van der Waals surface area contributed by atoms with Crippen molar-refractivity contribution in [2.24, 2.45) is 29.6 Å². The molecule has 1 aromatic carbocycles. The maximum Gasteiger partial charge on any atom is 0.228 e. The van der Waals surface area contributed by atoms with Crippen LogP contribution in [0.5, 0.6) is 0 Å². The first kappa shape index (κ1) is 12.4. The third-order valence-corrected chi connectivity index (χ3v) is 5.68. The Labute approximate surface area is 120 Å². The summed E-state index contributed by atoms with van der Waals surface area (Å²) in [5.74, 6) is 3.71. The van der Waals surface area contributed by atoms with E-state index in [2.05, 4.69) is 16.7 Å². The molecule has 20 heavy (non-hydrogen) atoms. The first-order valence-electron chi connectivity index (χ1n) is 7.83. The van der Waals surface area contributed by atoms with Crippen molar-refractivity contribution in [3.8, 4) is 0 Å². The molecule has 106 valence electrons. The van der Waals surface area contributed by atoms with E-state index in [1.807, 2.05) is 25.2 Å². The van der Waals surface area contributed by atoms with Crippen LogP contribution in [-0.2, 0) is 11.3 Å². The Bertz CT molecular complexity index is 526. The van der Waals surface area contributed by atoms with Gasteiger partial charge in [-0.1, -0.05) is 18.2 Å². The minimum atomic E-state index is 0.264. The van der Waals surface area contributed by atoms with E-state index in [9.17, 15) is 4.79 Å². The highest BCUT2D eigenvalue weighted by Crippen LogP contribution is 2.69. The number of anilines is 1. The summed E-state index contributed by atoms with van der Waals surface area (Å²) in [6.07, 6.45) is 4.13. The molecule has 0 aromatic heterocycles. The Morgan fingerprint density at radius 3 is 2.60 bits per heavy atom. The van der Waals surface area contributed by atoms with Gasteiger partial charge in [0.2, 0.25) is 5.91 Å². The summed E-state index contributed by atoms with van der Waals surface area (Å²) in [6, 6.07) is 8.10. The molecule has 0 radical (unpaired) electrons. The second-order valence-corrected chi connectivity index (χ2v) is 6.69. The fraction of sp³-hybridized carbons (Fsp3) is 0.588. The molecule has 0 aliphatic heterocycles. The summed E-state index contributed by atoms with van der Waals surface area (Å²) in [6.45, 7) is 0.791. The van der Waals surface area contributed by atoms with Gasteiger partial charge in [-0.2, -0.15) is 0 Å². The third-order valence-electron chi connectivity index (χ3n) is 5.68. The van der Waals surface area contributed by atoms with Crippen LogP contribution >= 0.6 is 0 Å². The van der Waals surface area contributed by atoms with E-state index in [1.165, 1.54) is 19.3 Å². The molecule has 1 aromatic rings. The Balaban J connectivity index is 1.47. The quantitative estimate of drug-likeness (QED) is 0.883. The van der Waals surface area contributed by atoms with Crippen molar-refractivity contribution in [2.75, 3.05) is 12.4 Å². The summed E-state index contributed by atoms with van der Waals surface area (Å²) < 4.78 is 0. The maximum absolute atomic E-state index is 12.5. The fourth-order valence-electron chi connectivity index (χ4n) is 4.88. The van der Waals surface area contributed by atoms with Gasteiger partial charge < -0.3 is 10.6 Å². The van der Waals surface area contributed by atoms with Crippen LogP contribution in [0.15, 0.2) is 24.3 Å². The van der Waals surface area contributed by atoms with Crippen LogP contribution in [0.4, 0.5) is 5.69 Å². The number of fused-ring (bicyclic) bond motifs is 5. The lowest BCUT2D eigenvalue weighted by atomic mass is 10.0. The summed E-state index contributed by atoms with van der Waals surface area (Å²) >= 11 is 0. The molecule has 0 spiro atoms. The van der Waals surface area contributed by atoms with Crippen molar-refractivity contribution in [1.82, 2.24) is 5.32 Å². The van der Waals surface area contributed by atoms with Gasteiger partial charge in [0.25, 0.3) is 0 Å². The van der Waals surface area contributed by atoms with Crippen LogP contribution in [0.2, 0.25) is 0 Å². The highest BCUT2D eigenvalue weighted by molar-refractivity contribution is 5.95. The second kappa shape index (κ2) is 4.59. The van der Waals surface area contributed by atoms with Crippen LogP contribution in [0.1, 0.15) is 24.8 Å². The summed E-state index contributed by atoms with van der Waals surface area (Å²) in [5, 5.41) is 6.33. The van der Waals surface area contributed by atoms with Gasteiger partial charge in [0.05, 0.1) is 0 Å². The number of carbonyl (C=O) groups is 1. The molecular formula is C17H22N2O. The minimum Gasteiger partial charge on any atom is -0.326 e. The first-order valence-corrected chi connectivity index (χ1v) is 7.83. The monoisotopic (exact) mass is 270 g/mol. The van der Waals surface area contributed by atoms with Crippen LogP contribution in [0.25, 0.3) is 0 Å². The molecule has 3 nitrogen and oxygen atoms in total. The largest absolute Gasteiger partial charge is 0.326 e. The zero-order chi connectivity index (χ0) is 13.7. The first-order chi connectivity index (χ1) is 9.79. The van der Waals surface area contributed by atoms with Crippen molar-refractivity contribution in [1.29, 1.82) is 0 Å². The molecule has 4 rings (SSSR count). The Morgan fingerprint density at radius 1 is 1.20 bits per heavy atom. The Hall–Kier alpha value is -1.35. The molecule has 2 bridgehead atoms. The van der Waals surface area contributed by atoms with E-state index in [4.69, 9.17) is 0 Å². The SMILES string of the molecule is CNCc1ccccc1NC(=O)C1C2C3CCC(C3)C12. The van der Waals surface area contributed by atoms with E-state index in [0.717, 1.165) is 29.6 Å². The van der Waals surface area contributed by atoms with Gasteiger partial charge in [0, 0.05) is 18.2 Å². The van der Waals surface area contributed by atoms with Crippen molar-refractivity contribution < 1.29 is 4.79 Å². The molecule has 3 fully saturated rings. The zero-order valence-electron chi connectivity index (χ0n) is 11.9. The van der Waals surface area contributed by atoms with Gasteiger partial charge in [-0.15, -0.1) is 0 Å². The zero-order valence-corrected chi connectivity index (χ0v) is 11.9. The fourth-order valence-corrected chi connectivity index (χ4v) is 4.88. The van der Waals surface area contributed by atoms with Gasteiger partial charge in [0.15, 0.2) is 0 Å². The van der Waals surface area contributed by atoms with Gasteiger partial charge >= 0.3 is 0 Å². The molecule has 4 atom stereocenters. The van der Waals surface area contributed by atoms with Gasteiger partial charge in [0.1, 0.15) is 0 Å². The van der Waals surface area contributed by atoms with Gasteiger partial charge in [-0.25, -0.2) is 0 Å². The maximum atomic E-state index is 12.5. The molecule has 1 amide bonds. The lowest BCUT2D eigenvalue weighted by Gasteiger charge is -2.13. The van der Waals surface area contributed by atoms with E-state index in [1.54, 1.807) is 0 Å². The number of amides is 1. The molecule has 2 N–H and O–H groups in total. The van der Waals surface area contributed by atoms with E-state index < -0.39 is 0 Å². The molecule has 3 saturated carbocycles. The van der Waals surface area contributed by atoms with Gasteiger partial charge in [-0.3, -0.25) is 4.79 Å². The van der Waals surface area contributed by atoms with Crippen LogP contribution in [0.3, 0.4) is 0 Å². The number of benzene rings is 1. The van der Waals surface area contributed by atoms with Crippen molar-refractivity contribution >= 4 is 11.6 Å². The number of nitrogens with one attached hydrogen (secondary N) is 2. The van der Waals surface area contributed by atoms with Crippen LogP contribution in [-0.4, -0.2) is 13.0 Å². The lowest BCUT2D eigenvalue weighted by Crippen LogP contribution is -2.20. The van der Waals surface area contributed by atoms with E-state index in [-0.39, 0.29) is 5.91 Å². The lowest BCUT2D eigenvalue weighted by molar-refractivity contribution is -0.118. The number of para-hydroxylation sites is 1. The van der Waals surface area contributed by atoms with Gasteiger partial charge in [-0.05, 0) is 61.6 Å². The second-order valence-electron chi connectivity index (χ2n) is 6.69. The predicted molar refractivity (Wildman–Crippen MR) is 79.1 cm³/mol. The number of rotatable bonds is 4. The Kier molecular flexibility index (Phi) is 2.84. The third kappa shape index (κ3) is 1.80. The summed E-state index contributed by atoms with van der Waals surface area (Å²) in [4.78, 5) is 12.5. The number of hydrogen-bond acceptors (Lipinski definition) is 2. The standard InChI is InChI=1S/C17H22N2O/c1-18-9-12-4-2-3-5-13(12)19-17(20)16-14-10-6-7-11(8-10)15(14)16/h2-5,10-11,14-16,18H,6-9H2,1H3,(H,19,20). The van der Waals surface area contributed by atoms with Crippen molar-refractivity contribution in [2.45, 2.75) is 25.8 Å². The Morgan fingerprint density at radius 2 is 1.90 bits per heavy atom. The van der Waals surface area contributed by atoms with Crippen molar-refractivity contribution in [3.05, 3.63) is 29.8 Å². The average molecular weight is 270 g/mol. The topological polar surface area (TPSA) is 41.1 Å². The molecule has 3 aliphatic rings. The molecule has 0 heterocycles. The molecule has 0 saturated heterocycles. The summed E-state index contributed by atoms with van der Waals surface area (Å²) in [5.41, 5.74) is 2.14. The van der Waals surface area contributed by atoms with E-state index >= 15 is 0 Å². The van der Waals surface area contributed by atoms with Crippen LogP contribution in [0, 0.1) is 29.6 Å². The highest BCUT2D eigenvalue weighted by Gasteiger charge is 2.67. The average Bonchev–Trinajstić information content (AvgIpc) is 2.90. The summed E-state index contributed by atoms with van der Waals surface area (Å²) in [7, 11) is 1.93. The number of hydrogen-bond donors (Lipinski definition) is 2. The normalized spacial score (nSPS) is 36.8. The van der Waals surface area contributed by atoms with Crippen LogP contribution < -0.4 is 10.6 Å².